The number of benzene rings is 1. The van der Waals surface area contributed by atoms with Crippen LogP contribution in [-0.4, -0.2) is 83.9 Å². The second-order valence-corrected chi connectivity index (χ2v) is 10.9. The van der Waals surface area contributed by atoms with Crippen LogP contribution in [-0.2, 0) is 14.3 Å². The number of imide groups is 2. The van der Waals surface area contributed by atoms with E-state index in [1.165, 1.54) is 0 Å². The number of carbonyl (C=O) groups excluding carboxylic acids is 4. The molecule has 4 heterocycles. The molecule has 0 bridgehead atoms. The van der Waals surface area contributed by atoms with Gasteiger partial charge in [-0.1, -0.05) is 6.07 Å². The molecule has 1 aliphatic carbocycles. The Morgan fingerprint density at radius 1 is 0.833 bits per heavy atom. The van der Waals surface area contributed by atoms with Crippen molar-refractivity contribution in [1.29, 1.82) is 0 Å². The van der Waals surface area contributed by atoms with E-state index in [1.54, 1.807) is 6.07 Å². The second kappa shape index (κ2) is 9.68. The van der Waals surface area contributed by atoms with Gasteiger partial charge < -0.3 is 15.0 Å². The molecule has 0 radical (unpaired) electrons. The average molecular weight is 495 g/mol. The maximum atomic E-state index is 13.1. The first kappa shape index (κ1) is 23.8. The molecule has 1 saturated carbocycles. The van der Waals surface area contributed by atoms with Gasteiger partial charge in [0.15, 0.2) is 0 Å². The van der Waals surface area contributed by atoms with Crippen molar-refractivity contribution >= 4 is 23.6 Å². The molecule has 6 rings (SSSR count). The quantitative estimate of drug-likeness (QED) is 0.598. The third-order valence-electron chi connectivity index (χ3n) is 8.72. The number of nitrogens with zero attached hydrogens (tertiary/aromatic N) is 2. The van der Waals surface area contributed by atoms with Crippen molar-refractivity contribution in [3.8, 4) is 0 Å². The van der Waals surface area contributed by atoms with Gasteiger partial charge in [0.25, 0.3) is 11.8 Å². The van der Waals surface area contributed by atoms with E-state index in [2.05, 4.69) is 15.5 Å². The van der Waals surface area contributed by atoms with E-state index >= 15 is 0 Å². The summed E-state index contributed by atoms with van der Waals surface area (Å²) in [5, 5.41) is 5.63. The molecule has 1 atom stereocenters. The highest BCUT2D eigenvalue weighted by Gasteiger charge is 2.45. The predicted molar refractivity (Wildman–Crippen MR) is 130 cm³/mol. The smallest absolute Gasteiger partial charge is 0.262 e. The Kier molecular flexibility index (Phi) is 6.39. The van der Waals surface area contributed by atoms with E-state index in [0.717, 1.165) is 75.2 Å². The van der Waals surface area contributed by atoms with E-state index in [4.69, 9.17) is 4.74 Å². The molecule has 0 aromatic heterocycles. The minimum Gasteiger partial charge on any atom is -0.375 e. The summed E-state index contributed by atoms with van der Waals surface area (Å²) in [6, 6.07) is 5.24. The minimum atomic E-state index is -0.924. The Balaban J connectivity index is 1.04. The summed E-state index contributed by atoms with van der Waals surface area (Å²) < 4.78 is 6.29. The number of hydrogen-bond acceptors (Lipinski definition) is 7. The SMILES string of the molecule is O=C1CCC(N2C(=O)c3ccc(C4CCN(C5CC(OC6CCNCC6)C5)CC4)cc3C2=O)C(=O)N1. The van der Waals surface area contributed by atoms with Crippen LogP contribution in [0.4, 0.5) is 0 Å². The molecule has 2 N–H and O–H groups in total. The summed E-state index contributed by atoms with van der Waals surface area (Å²) in [7, 11) is 0. The lowest BCUT2D eigenvalue weighted by molar-refractivity contribution is -0.136. The summed E-state index contributed by atoms with van der Waals surface area (Å²) in [6.07, 6.45) is 7.65. The monoisotopic (exact) mass is 494 g/mol. The van der Waals surface area contributed by atoms with Gasteiger partial charge in [-0.05, 0) is 94.7 Å². The molecule has 5 aliphatic rings. The zero-order valence-electron chi connectivity index (χ0n) is 20.5. The maximum Gasteiger partial charge on any atom is 0.262 e. The van der Waals surface area contributed by atoms with E-state index in [-0.39, 0.29) is 18.7 Å². The van der Waals surface area contributed by atoms with Crippen LogP contribution in [0.3, 0.4) is 0 Å². The minimum absolute atomic E-state index is 0.125. The fraction of sp³-hybridized carbons (Fsp3) is 0.630. The Hall–Kier alpha value is -2.62. The summed E-state index contributed by atoms with van der Waals surface area (Å²) >= 11 is 0. The van der Waals surface area contributed by atoms with Gasteiger partial charge in [-0.3, -0.25) is 29.4 Å². The van der Waals surface area contributed by atoms with E-state index in [9.17, 15) is 19.2 Å². The third-order valence-corrected chi connectivity index (χ3v) is 8.72. The largest absolute Gasteiger partial charge is 0.375 e. The summed E-state index contributed by atoms with van der Waals surface area (Å²) in [4.78, 5) is 53.5. The van der Waals surface area contributed by atoms with Crippen molar-refractivity contribution in [2.45, 2.75) is 81.6 Å². The van der Waals surface area contributed by atoms with Crippen LogP contribution in [0.5, 0.6) is 0 Å². The highest BCUT2D eigenvalue weighted by molar-refractivity contribution is 6.23. The molecule has 4 amide bonds. The molecule has 36 heavy (non-hydrogen) atoms. The zero-order chi connectivity index (χ0) is 24.8. The Morgan fingerprint density at radius 2 is 1.56 bits per heavy atom. The van der Waals surface area contributed by atoms with Gasteiger partial charge in [0, 0.05) is 12.5 Å². The number of nitrogens with one attached hydrogen (secondary N) is 2. The first-order chi connectivity index (χ1) is 17.5. The number of likely N-dealkylation sites (tertiary alicyclic amines) is 1. The third kappa shape index (κ3) is 4.37. The Morgan fingerprint density at radius 3 is 2.28 bits per heavy atom. The lowest BCUT2D eigenvalue weighted by Crippen LogP contribution is -2.54. The number of ether oxygens (including phenoxy) is 1. The molecule has 4 aliphatic heterocycles. The van der Waals surface area contributed by atoms with Crippen LogP contribution in [0, 0.1) is 0 Å². The molecule has 1 aromatic carbocycles. The first-order valence-electron chi connectivity index (χ1n) is 13.4. The maximum absolute atomic E-state index is 13.1. The molecule has 4 fully saturated rings. The van der Waals surface area contributed by atoms with Crippen molar-refractivity contribution in [2.75, 3.05) is 26.2 Å². The number of amides is 4. The van der Waals surface area contributed by atoms with Crippen LogP contribution in [0.2, 0.25) is 0 Å². The predicted octanol–water partition coefficient (Wildman–Crippen LogP) is 1.57. The van der Waals surface area contributed by atoms with Crippen LogP contribution in [0.1, 0.15) is 83.6 Å². The highest BCUT2D eigenvalue weighted by atomic mass is 16.5. The molecular weight excluding hydrogens is 460 g/mol. The van der Waals surface area contributed by atoms with Gasteiger partial charge in [-0.15, -0.1) is 0 Å². The number of rotatable bonds is 5. The van der Waals surface area contributed by atoms with Crippen LogP contribution < -0.4 is 10.6 Å². The van der Waals surface area contributed by atoms with Gasteiger partial charge in [0.1, 0.15) is 6.04 Å². The van der Waals surface area contributed by atoms with E-state index in [1.807, 2.05) is 12.1 Å². The van der Waals surface area contributed by atoms with Crippen LogP contribution in [0.25, 0.3) is 0 Å². The Labute approximate surface area is 210 Å². The van der Waals surface area contributed by atoms with Crippen molar-refractivity contribution in [3.63, 3.8) is 0 Å². The Bertz CT molecular complexity index is 1070. The summed E-state index contributed by atoms with van der Waals surface area (Å²) in [5.41, 5.74) is 1.81. The van der Waals surface area contributed by atoms with Crippen LogP contribution in [0.15, 0.2) is 18.2 Å². The zero-order valence-corrected chi connectivity index (χ0v) is 20.5. The lowest BCUT2D eigenvalue weighted by atomic mass is 9.83. The first-order valence-corrected chi connectivity index (χ1v) is 13.4. The van der Waals surface area contributed by atoms with Gasteiger partial charge in [-0.25, -0.2) is 0 Å². The molecule has 9 nitrogen and oxygen atoms in total. The summed E-state index contributed by atoms with van der Waals surface area (Å²) in [6.45, 7) is 4.18. The highest BCUT2D eigenvalue weighted by Crippen LogP contribution is 2.37. The van der Waals surface area contributed by atoms with Gasteiger partial charge in [-0.2, -0.15) is 0 Å². The number of piperidine rings is 3. The second-order valence-electron chi connectivity index (χ2n) is 10.9. The lowest BCUT2D eigenvalue weighted by Gasteiger charge is -2.46. The number of carbonyl (C=O) groups is 4. The molecular formula is C27H34N4O5. The van der Waals surface area contributed by atoms with Gasteiger partial charge >= 0.3 is 0 Å². The van der Waals surface area contributed by atoms with Crippen molar-refractivity contribution in [1.82, 2.24) is 20.4 Å². The number of fused-ring (bicyclic) bond motifs is 1. The fourth-order valence-electron chi connectivity index (χ4n) is 6.49. The van der Waals surface area contributed by atoms with Crippen LogP contribution >= 0.6 is 0 Å². The fourth-order valence-corrected chi connectivity index (χ4v) is 6.49. The van der Waals surface area contributed by atoms with Crippen molar-refractivity contribution in [2.24, 2.45) is 0 Å². The average Bonchev–Trinajstić information content (AvgIpc) is 3.11. The number of hydrogen-bond donors (Lipinski definition) is 2. The molecule has 0 spiro atoms. The molecule has 192 valence electrons. The van der Waals surface area contributed by atoms with E-state index < -0.39 is 23.8 Å². The van der Waals surface area contributed by atoms with Gasteiger partial charge in [0.05, 0.1) is 23.3 Å². The molecule has 1 unspecified atom stereocenters. The van der Waals surface area contributed by atoms with Gasteiger partial charge in [0.2, 0.25) is 11.8 Å². The molecule has 9 heteroatoms. The molecule has 3 saturated heterocycles. The standard InChI is InChI=1S/C27H34N4O5/c32-24-4-3-23(25(33)29-24)31-26(34)21-2-1-17(13-22(21)27(31)35)16-7-11-30(12-8-16)18-14-20(15-18)36-19-5-9-28-10-6-19/h1-2,13,16,18-20,23,28H,3-12,14-15H2,(H,29,32,33). The topological polar surface area (TPSA) is 108 Å². The summed E-state index contributed by atoms with van der Waals surface area (Å²) in [5.74, 6) is -1.47. The molecule has 1 aromatic rings. The normalized spacial score (nSPS) is 30.3. The van der Waals surface area contributed by atoms with Crippen molar-refractivity contribution < 1.29 is 23.9 Å². The van der Waals surface area contributed by atoms with Crippen molar-refractivity contribution in [3.05, 3.63) is 34.9 Å². The van der Waals surface area contributed by atoms with E-state index in [0.29, 0.717) is 35.3 Å².